The number of esters is 2. The Morgan fingerprint density at radius 1 is 0.836 bits per heavy atom. The van der Waals surface area contributed by atoms with Crippen LogP contribution < -0.4 is 10.4 Å². The molecule has 1 aromatic heterocycles. The lowest BCUT2D eigenvalue weighted by molar-refractivity contribution is -0.201. The number of aryl methyl sites for hydroxylation is 1. The molecule has 5 aromatic rings. The minimum Gasteiger partial charge on any atom is -0.483 e. The molecule has 5 aliphatic rings. The Kier molecular flexibility index (Phi) is 14.0. The number of ether oxygens (including phenoxy) is 4. The van der Waals surface area contributed by atoms with Crippen LogP contribution in [0.4, 0.5) is 0 Å². The topological polar surface area (TPSA) is 122 Å². The number of methoxy groups -OCH3 is 1. The average Bonchev–Trinajstić information content (AvgIpc) is 3.33. The first-order valence-electron chi connectivity index (χ1n) is 24.4. The smallest absolute Gasteiger partial charge is 0.339 e. The molecule has 4 heterocycles. The van der Waals surface area contributed by atoms with Gasteiger partial charge in [0, 0.05) is 60.3 Å². The largest absolute Gasteiger partial charge is 0.483 e. The number of carbonyl (C=O) groups is 2. The highest BCUT2D eigenvalue weighted by molar-refractivity contribution is 5.90. The van der Waals surface area contributed by atoms with E-state index in [-0.39, 0.29) is 48.9 Å². The number of rotatable bonds is 9. The molecule has 2 aliphatic carbocycles. The van der Waals surface area contributed by atoms with Crippen molar-refractivity contribution in [2.24, 2.45) is 11.8 Å². The molecule has 0 amide bonds. The second-order valence-corrected chi connectivity index (χ2v) is 19.8. The highest BCUT2D eigenvalue weighted by Gasteiger charge is 2.56. The summed E-state index contributed by atoms with van der Waals surface area (Å²) in [7, 11) is 1.56. The average molecular weight is 905 g/mol. The van der Waals surface area contributed by atoms with Crippen LogP contribution in [0.3, 0.4) is 0 Å². The summed E-state index contributed by atoms with van der Waals surface area (Å²) in [6.45, 7) is 5.94. The predicted molar refractivity (Wildman–Crippen MR) is 259 cm³/mol. The van der Waals surface area contributed by atoms with E-state index in [0.29, 0.717) is 47.1 Å². The maximum absolute atomic E-state index is 15.1. The zero-order valence-corrected chi connectivity index (χ0v) is 39.3. The summed E-state index contributed by atoms with van der Waals surface area (Å²) in [5.74, 6) is -1.01. The van der Waals surface area contributed by atoms with Gasteiger partial charge in [-0.3, -0.25) is 4.79 Å². The van der Waals surface area contributed by atoms with E-state index in [2.05, 4.69) is 84.9 Å². The Morgan fingerprint density at radius 3 is 2.36 bits per heavy atom. The van der Waals surface area contributed by atoms with Crippen molar-refractivity contribution < 1.29 is 38.1 Å². The molecule has 7 unspecified atom stereocenters. The lowest BCUT2D eigenvalue weighted by atomic mass is 9.71. The molecule has 1 saturated carbocycles. The highest BCUT2D eigenvalue weighted by Crippen LogP contribution is 2.52. The van der Waals surface area contributed by atoms with Crippen LogP contribution >= 0.6 is 0 Å². The summed E-state index contributed by atoms with van der Waals surface area (Å²) in [5.41, 5.74) is 6.62. The Morgan fingerprint density at radius 2 is 1.61 bits per heavy atom. The van der Waals surface area contributed by atoms with Crippen LogP contribution in [0, 0.1) is 11.8 Å². The van der Waals surface area contributed by atoms with Gasteiger partial charge in [-0.2, -0.15) is 0 Å². The summed E-state index contributed by atoms with van der Waals surface area (Å²) in [4.78, 5) is 43.9. The number of fused-ring (bicyclic) bond motifs is 11. The molecule has 67 heavy (non-hydrogen) atoms. The Balaban J connectivity index is 1.15. The molecule has 2 bridgehead atoms. The molecule has 9 heteroatoms. The number of carbonyl (C=O) groups excluding carboxylic acids is 2. The monoisotopic (exact) mass is 904 g/mol. The Labute approximate surface area is 394 Å². The van der Waals surface area contributed by atoms with E-state index in [1.54, 1.807) is 13.2 Å². The number of aliphatic hydroxyl groups excluding tert-OH is 1. The second kappa shape index (κ2) is 20.2. The normalized spacial score (nSPS) is 25.0. The van der Waals surface area contributed by atoms with Crippen molar-refractivity contribution in [1.82, 2.24) is 0 Å². The van der Waals surface area contributed by atoms with E-state index in [1.165, 1.54) is 16.7 Å². The second-order valence-electron chi connectivity index (χ2n) is 19.8. The van der Waals surface area contributed by atoms with Gasteiger partial charge >= 0.3 is 17.6 Å². The van der Waals surface area contributed by atoms with Crippen LogP contribution in [-0.2, 0) is 36.6 Å². The molecule has 350 valence electrons. The molecule has 10 rings (SSSR count). The third-order valence-electron chi connectivity index (χ3n) is 15.1. The standard InChI is InChI=1S/C58H64O9/c1-36(2)47-25-20-37-18-21-40(22-19-37)48-26-23-42(41-15-11-14-39(31-41)30-38-12-7-5-8-13-38)32-45(48)34-51(60)64-54-52-50(67-58(3,55(54)66-56(47)61)46-16-9-6-10-17-46)27-24-43-33-49(57(62)65-53(43)52)44(28-29-59)35-63-4/h5,7-8,11-15,18-19,21-24,26-27,31,33,42,44-46,48,54-55,59H,6,9-10,16-17,20,25,28-30,32,34-35H2,1-4H3. The van der Waals surface area contributed by atoms with E-state index < -0.39 is 41.3 Å². The highest BCUT2D eigenvalue weighted by atomic mass is 16.6. The van der Waals surface area contributed by atoms with Crippen molar-refractivity contribution in [2.75, 3.05) is 20.3 Å². The quantitative estimate of drug-likeness (QED) is 0.0667. The van der Waals surface area contributed by atoms with E-state index >= 15 is 4.79 Å². The molecule has 0 radical (unpaired) electrons. The Hall–Kier alpha value is -5.77. The number of aliphatic hydroxyl groups is 1. The van der Waals surface area contributed by atoms with Gasteiger partial charge in [-0.1, -0.05) is 116 Å². The molecule has 1 fully saturated rings. The van der Waals surface area contributed by atoms with Gasteiger partial charge in [0.05, 0.1) is 12.2 Å². The summed E-state index contributed by atoms with van der Waals surface area (Å²) < 4.78 is 32.5. The summed E-state index contributed by atoms with van der Waals surface area (Å²) in [6, 6.07) is 33.4. The van der Waals surface area contributed by atoms with Gasteiger partial charge < -0.3 is 28.5 Å². The number of benzene rings is 4. The fraction of sp³-hybridized carbons (Fsp3) is 0.431. The first-order valence-corrected chi connectivity index (χ1v) is 24.4. The maximum atomic E-state index is 15.1. The third kappa shape index (κ3) is 9.82. The summed E-state index contributed by atoms with van der Waals surface area (Å²) in [6.07, 6.45) is 10.2. The van der Waals surface area contributed by atoms with Crippen molar-refractivity contribution in [3.63, 3.8) is 0 Å². The van der Waals surface area contributed by atoms with Crippen LogP contribution in [0.1, 0.15) is 141 Å². The minimum absolute atomic E-state index is 0.0169. The molecular formula is C58H64O9. The minimum atomic E-state index is -1.16. The number of hydrogen-bond acceptors (Lipinski definition) is 9. The fourth-order valence-electron chi connectivity index (χ4n) is 11.5. The SMILES string of the molecule is COCC(CCO)c1cc2ccc3c(c2oc1=O)C1OC(=O)CC2CC(c4cccc(Cc5ccccc5)c4)C=CC2c2ccc(cc2)CCC(=C(C)C)C(=O)OC1C(C)(C1CCCCC1)O3. The van der Waals surface area contributed by atoms with Gasteiger partial charge in [0.25, 0.3) is 0 Å². The van der Waals surface area contributed by atoms with Crippen LogP contribution in [0.2, 0.25) is 0 Å². The number of allylic oxidation sites excluding steroid dienone is 3. The van der Waals surface area contributed by atoms with Crippen molar-refractivity contribution in [3.05, 3.63) is 170 Å². The zero-order valence-electron chi connectivity index (χ0n) is 39.3. The zero-order chi connectivity index (χ0) is 46.7. The van der Waals surface area contributed by atoms with E-state index in [4.69, 9.17) is 23.4 Å². The van der Waals surface area contributed by atoms with Gasteiger partial charge in [0.1, 0.15) is 16.9 Å². The molecule has 4 aromatic carbocycles. The van der Waals surface area contributed by atoms with Crippen molar-refractivity contribution >= 4 is 22.9 Å². The van der Waals surface area contributed by atoms with Gasteiger partial charge in [0.15, 0.2) is 12.2 Å². The van der Waals surface area contributed by atoms with Gasteiger partial charge in [-0.25, -0.2) is 9.59 Å². The maximum Gasteiger partial charge on any atom is 0.339 e. The first-order chi connectivity index (χ1) is 32.5. The van der Waals surface area contributed by atoms with E-state index in [9.17, 15) is 14.7 Å². The van der Waals surface area contributed by atoms with Crippen LogP contribution in [0.25, 0.3) is 11.0 Å². The summed E-state index contributed by atoms with van der Waals surface area (Å²) in [5, 5.41) is 10.5. The molecule has 1 N–H and O–H groups in total. The third-order valence-corrected chi connectivity index (χ3v) is 15.1. The van der Waals surface area contributed by atoms with Gasteiger partial charge in [-0.05, 0) is 118 Å². The van der Waals surface area contributed by atoms with Crippen molar-refractivity contribution in [3.8, 4) is 5.75 Å². The fourth-order valence-corrected chi connectivity index (χ4v) is 11.5. The van der Waals surface area contributed by atoms with E-state index in [0.717, 1.165) is 61.6 Å². The lowest BCUT2D eigenvalue weighted by Crippen LogP contribution is -2.58. The van der Waals surface area contributed by atoms with Gasteiger partial charge in [-0.15, -0.1) is 0 Å². The van der Waals surface area contributed by atoms with Crippen LogP contribution in [0.5, 0.6) is 5.75 Å². The molecular weight excluding hydrogens is 841 g/mol. The number of hydrogen-bond donors (Lipinski definition) is 1. The van der Waals surface area contributed by atoms with E-state index in [1.807, 2.05) is 39.0 Å². The first kappa shape index (κ1) is 46.3. The molecule has 0 saturated heterocycles. The van der Waals surface area contributed by atoms with Crippen molar-refractivity contribution in [2.45, 2.75) is 127 Å². The van der Waals surface area contributed by atoms with Crippen LogP contribution in [-0.4, -0.2) is 49.1 Å². The summed E-state index contributed by atoms with van der Waals surface area (Å²) >= 11 is 0. The van der Waals surface area contributed by atoms with Crippen molar-refractivity contribution in [1.29, 1.82) is 0 Å². The molecule has 0 spiro atoms. The van der Waals surface area contributed by atoms with Crippen LogP contribution in [0.15, 0.2) is 130 Å². The Bertz CT molecular complexity index is 2680. The molecule has 3 aliphatic heterocycles. The molecule has 9 nitrogen and oxygen atoms in total. The lowest BCUT2D eigenvalue weighted by Gasteiger charge is -2.50. The predicted octanol–water partition coefficient (Wildman–Crippen LogP) is 11.5. The molecule has 7 atom stereocenters. The van der Waals surface area contributed by atoms with Gasteiger partial charge in [0.2, 0.25) is 0 Å².